The van der Waals surface area contributed by atoms with E-state index in [-0.39, 0.29) is 5.69 Å². The van der Waals surface area contributed by atoms with Gasteiger partial charge >= 0.3 is 5.97 Å². The van der Waals surface area contributed by atoms with E-state index in [0.29, 0.717) is 12.3 Å². The molecule has 0 aliphatic rings. The molecule has 1 atom stereocenters. The predicted molar refractivity (Wildman–Crippen MR) is 63.2 cm³/mol. The molecule has 0 aliphatic heterocycles. The molecule has 0 bridgehead atoms. The molecule has 88 valence electrons. The summed E-state index contributed by atoms with van der Waals surface area (Å²) in [5.74, 6) is -0.374. The number of hydrogen-bond acceptors (Lipinski definition) is 4. The van der Waals surface area contributed by atoms with E-state index in [1.807, 2.05) is 0 Å². The quantitative estimate of drug-likeness (QED) is 0.726. The fourth-order valence-corrected chi connectivity index (χ4v) is 1.68. The zero-order valence-electron chi connectivity index (χ0n) is 8.97. The summed E-state index contributed by atoms with van der Waals surface area (Å²) in [5, 5.41) is 11.7. The highest BCUT2D eigenvalue weighted by atomic mass is 32.2. The SMILES string of the molecule is CS(=O)CCCNc1ccc(C(=O)O)nc1. The van der Waals surface area contributed by atoms with Crippen LogP contribution in [0, 0.1) is 0 Å². The van der Waals surface area contributed by atoms with E-state index in [0.717, 1.165) is 12.1 Å². The van der Waals surface area contributed by atoms with Crippen molar-refractivity contribution < 1.29 is 14.1 Å². The van der Waals surface area contributed by atoms with Crippen molar-refractivity contribution in [3.05, 3.63) is 24.0 Å². The number of carbonyl (C=O) groups is 1. The molecule has 0 fully saturated rings. The average Bonchev–Trinajstić information content (AvgIpc) is 2.25. The van der Waals surface area contributed by atoms with E-state index in [9.17, 15) is 9.00 Å². The first kappa shape index (κ1) is 12.6. The van der Waals surface area contributed by atoms with Gasteiger partial charge in [0.1, 0.15) is 5.69 Å². The summed E-state index contributed by atoms with van der Waals surface area (Å²) in [6.45, 7) is 0.702. The standard InChI is InChI=1S/C10H14N2O3S/c1-16(15)6-2-5-11-8-3-4-9(10(13)14)12-7-8/h3-4,7,11H,2,5-6H2,1H3,(H,13,14). The Labute approximate surface area is 96.4 Å². The van der Waals surface area contributed by atoms with Gasteiger partial charge in [0.05, 0.1) is 11.9 Å². The summed E-state index contributed by atoms with van der Waals surface area (Å²) in [7, 11) is -0.767. The third-order valence-electron chi connectivity index (χ3n) is 1.92. The third kappa shape index (κ3) is 4.39. The number of pyridine rings is 1. The lowest BCUT2D eigenvalue weighted by Crippen LogP contribution is -2.07. The first-order valence-corrected chi connectivity index (χ1v) is 6.55. The molecule has 0 saturated carbocycles. The van der Waals surface area contributed by atoms with Crippen LogP contribution >= 0.6 is 0 Å². The summed E-state index contributed by atoms with van der Waals surface area (Å²) in [4.78, 5) is 14.3. The second-order valence-corrected chi connectivity index (χ2v) is 4.85. The number of nitrogens with zero attached hydrogens (tertiary/aromatic N) is 1. The lowest BCUT2D eigenvalue weighted by molar-refractivity contribution is 0.0690. The van der Waals surface area contributed by atoms with Gasteiger partial charge < -0.3 is 10.4 Å². The number of hydrogen-bond donors (Lipinski definition) is 2. The average molecular weight is 242 g/mol. The number of aromatic carboxylic acids is 1. The minimum atomic E-state index is -1.03. The van der Waals surface area contributed by atoms with Gasteiger partial charge in [0.25, 0.3) is 0 Å². The smallest absolute Gasteiger partial charge is 0.354 e. The van der Waals surface area contributed by atoms with Crippen LogP contribution in [0.25, 0.3) is 0 Å². The van der Waals surface area contributed by atoms with Crippen LogP contribution in [0.5, 0.6) is 0 Å². The van der Waals surface area contributed by atoms with Crippen LogP contribution in [0.15, 0.2) is 18.3 Å². The Morgan fingerprint density at radius 1 is 1.56 bits per heavy atom. The Kier molecular flexibility index (Phi) is 4.91. The van der Waals surface area contributed by atoms with Crippen molar-refractivity contribution in [3.63, 3.8) is 0 Å². The third-order valence-corrected chi connectivity index (χ3v) is 2.78. The van der Waals surface area contributed by atoms with Gasteiger partial charge in [-0.2, -0.15) is 0 Å². The minimum absolute atomic E-state index is 0.0280. The molecule has 0 amide bonds. The first-order valence-electron chi connectivity index (χ1n) is 4.83. The van der Waals surface area contributed by atoms with Gasteiger partial charge in [0, 0.05) is 29.4 Å². The molecule has 1 unspecified atom stereocenters. The van der Waals surface area contributed by atoms with E-state index in [1.54, 1.807) is 12.3 Å². The summed E-state index contributed by atoms with van der Waals surface area (Å²) < 4.78 is 10.8. The molecule has 1 aromatic rings. The molecule has 2 N–H and O–H groups in total. The number of aromatic nitrogens is 1. The van der Waals surface area contributed by atoms with Crippen LogP contribution in [0.3, 0.4) is 0 Å². The molecule has 0 aromatic carbocycles. The van der Waals surface area contributed by atoms with Crippen LogP contribution in [0.2, 0.25) is 0 Å². The van der Waals surface area contributed by atoms with Crippen LogP contribution in [-0.4, -0.2) is 38.8 Å². The molecule has 1 heterocycles. The summed E-state index contributed by atoms with van der Waals surface area (Å²) >= 11 is 0. The van der Waals surface area contributed by atoms with Crippen LogP contribution in [0.4, 0.5) is 5.69 Å². The van der Waals surface area contributed by atoms with Crippen molar-refractivity contribution in [1.82, 2.24) is 4.98 Å². The van der Waals surface area contributed by atoms with Gasteiger partial charge in [0.15, 0.2) is 0 Å². The van der Waals surface area contributed by atoms with E-state index < -0.39 is 16.8 Å². The number of carboxylic acids is 1. The van der Waals surface area contributed by atoms with E-state index in [2.05, 4.69) is 10.3 Å². The number of nitrogens with one attached hydrogen (secondary N) is 1. The van der Waals surface area contributed by atoms with E-state index in [1.165, 1.54) is 12.3 Å². The zero-order chi connectivity index (χ0) is 12.0. The van der Waals surface area contributed by atoms with Crippen molar-refractivity contribution in [2.45, 2.75) is 6.42 Å². The van der Waals surface area contributed by atoms with E-state index in [4.69, 9.17) is 5.11 Å². The van der Waals surface area contributed by atoms with Crippen molar-refractivity contribution in [2.75, 3.05) is 23.9 Å². The molecule has 0 radical (unpaired) electrons. The lowest BCUT2D eigenvalue weighted by Gasteiger charge is -2.04. The molecule has 1 rings (SSSR count). The highest BCUT2D eigenvalue weighted by Crippen LogP contribution is 2.05. The molecule has 6 heteroatoms. The Balaban J connectivity index is 2.38. The predicted octanol–water partition coefficient (Wildman–Crippen LogP) is 0.960. The number of anilines is 1. The Hall–Kier alpha value is -1.43. The number of rotatable bonds is 6. The van der Waals surface area contributed by atoms with Crippen molar-refractivity contribution in [3.8, 4) is 0 Å². The van der Waals surface area contributed by atoms with Crippen LogP contribution in [0.1, 0.15) is 16.9 Å². The van der Waals surface area contributed by atoms with Gasteiger partial charge in [-0.3, -0.25) is 4.21 Å². The summed E-state index contributed by atoms with van der Waals surface area (Å²) in [6.07, 6.45) is 3.96. The largest absolute Gasteiger partial charge is 0.477 e. The Morgan fingerprint density at radius 2 is 2.31 bits per heavy atom. The monoisotopic (exact) mass is 242 g/mol. The van der Waals surface area contributed by atoms with Gasteiger partial charge in [0.2, 0.25) is 0 Å². The second-order valence-electron chi connectivity index (χ2n) is 3.29. The fourth-order valence-electron chi connectivity index (χ4n) is 1.13. The molecular formula is C10H14N2O3S. The molecule has 5 nitrogen and oxygen atoms in total. The van der Waals surface area contributed by atoms with Gasteiger partial charge in [-0.1, -0.05) is 0 Å². The minimum Gasteiger partial charge on any atom is -0.477 e. The fraction of sp³-hybridized carbons (Fsp3) is 0.400. The molecule has 1 aromatic heterocycles. The Bertz CT molecular complexity index is 378. The molecule has 0 spiro atoms. The summed E-state index contributed by atoms with van der Waals surface area (Å²) in [5.41, 5.74) is 0.798. The highest BCUT2D eigenvalue weighted by Gasteiger charge is 2.02. The highest BCUT2D eigenvalue weighted by molar-refractivity contribution is 7.84. The maximum Gasteiger partial charge on any atom is 0.354 e. The van der Waals surface area contributed by atoms with Gasteiger partial charge in [-0.15, -0.1) is 0 Å². The lowest BCUT2D eigenvalue weighted by atomic mass is 10.3. The van der Waals surface area contributed by atoms with Gasteiger partial charge in [-0.25, -0.2) is 9.78 Å². The molecule has 16 heavy (non-hydrogen) atoms. The molecule has 0 saturated heterocycles. The second kappa shape index (κ2) is 6.22. The Morgan fingerprint density at radius 3 is 2.81 bits per heavy atom. The number of carboxylic acid groups (broad SMARTS) is 1. The topological polar surface area (TPSA) is 79.3 Å². The normalized spacial score (nSPS) is 12.1. The van der Waals surface area contributed by atoms with Crippen LogP contribution in [-0.2, 0) is 10.8 Å². The van der Waals surface area contributed by atoms with E-state index >= 15 is 0 Å². The zero-order valence-corrected chi connectivity index (χ0v) is 9.79. The first-order chi connectivity index (χ1) is 7.59. The van der Waals surface area contributed by atoms with Crippen molar-refractivity contribution in [1.29, 1.82) is 0 Å². The maximum atomic E-state index is 10.8. The van der Waals surface area contributed by atoms with Crippen LogP contribution < -0.4 is 5.32 Å². The molecule has 0 aliphatic carbocycles. The maximum absolute atomic E-state index is 10.8. The van der Waals surface area contributed by atoms with Crippen molar-refractivity contribution >= 4 is 22.5 Å². The van der Waals surface area contributed by atoms with Gasteiger partial charge in [-0.05, 0) is 18.6 Å². The van der Waals surface area contributed by atoms with Crippen molar-refractivity contribution in [2.24, 2.45) is 0 Å². The molecular weight excluding hydrogens is 228 g/mol. The summed E-state index contributed by atoms with van der Waals surface area (Å²) in [6, 6.07) is 3.11.